The molecule has 18 heavy (non-hydrogen) atoms. The molecule has 0 bridgehead atoms. The summed E-state index contributed by atoms with van der Waals surface area (Å²) in [5, 5.41) is 12.9. The van der Waals surface area contributed by atoms with Gasteiger partial charge in [0.1, 0.15) is 0 Å². The molecule has 3 fully saturated rings. The van der Waals surface area contributed by atoms with Gasteiger partial charge >= 0.3 is 0 Å². The van der Waals surface area contributed by atoms with Crippen molar-refractivity contribution in [3.05, 3.63) is 0 Å². The minimum Gasteiger partial charge on any atom is -0.396 e. The first-order valence-corrected chi connectivity index (χ1v) is 7.71. The monoisotopic (exact) mass is 253 g/mol. The summed E-state index contributed by atoms with van der Waals surface area (Å²) in [6.45, 7) is 4.42. The first kappa shape index (κ1) is 12.9. The fourth-order valence-electron chi connectivity index (χ4n) is 3.99. The number of hydrogen-bond acceptors (Lipinski definition) is 3. The molecule has 0 amide bonds. The van der Waals surface area contributed by atoms with E-state index in [2.05, 4.69) is 12.2 Å². The smallest absolute Gasteiger partial charge is 0.0661 e. The molecule has 3 rings (SSSR count). The van der Waals surface area contributed by atoms with E-state index in [-0.39, 0.29) is 0 Å². The van der Waals surface area contributed by atoms with Crippen LogP contribution >= 0.6 is 0 Å². The van der Waals surface area contributed by atoms with E-state index in [9.17, 15) is 0 Å². The molecule has 3 nitrogen and oxygen atoms in total. The molecule has 3 aliphatic rings. The summed E-state index contributed by atoms with van der Waals surface area (Å²) in [6, 6.07) is 0.680. The van der Waals surface area contributed by atoms with Gasteiger partial charge in [0.05, 0.1) is 6.10 Å². The Morgan fingerprint density at radius 2 is 2.06 bits per heavy atom. The summed E-state index contributed by atoms with van der Waals surface area (Å²) < 4.78 is 5.88. The van der Waals surface area contributed by atoms with E-state index in [0.717, 1.165) is 19.6 Å². The maximum absolute atomic E-state index is 9.10. The number of aliphatic hydroxyl groups excluding tert-OH is 1. The number of hydrogen-bond donors (Lipinski definition) is 2. The second-order valence-corrected chi connectivity index (χ2v) is 6.67. The molecular weight excluding hydrogens is 226 g/mol. The van der Waals surface area contributed by atoms with Crippen LogP contribution in [0.3, 0.4) is 0 Å². The average molecular weight is 253 g/mol. The standard InChI is InChI=1S/C15H27NO2/c1-2-18-13-10-12(15(13)4-3-5-15)16-11-14(6-7-14)8-9-17/h12-13,16-17H,2-11H2,1H3. The predicted octanol–water partition coefficient (Wildman–Crippen LogP) is 2.09. The van der Waals surface area contributed by atoms with E-state index >= 15 is 0 Å². The van der Waals surface area contributed by atoms with E-state index in [0.29, 0.717) is 29.6 Å². The second-order valence-electron chi connectivity index (χ2n) is 6.67. The van der Waals surface area contributed by atoms with E-state index in [4.69, 9.17) is 9.84 Å². The van der Waals surface area contributed by atoms with Crippen molar-refractivity contribution in [2.75, 3.05) is 19.8 Å². The van der Waals surface area contributed by atoms with E-state index in [1.165, 1.54) is 38.5 Å². The zero-order chi connectivity index (χ0) is 12.6. The van der Waals surface area contributed by atoms with Gasteiger partial charge in [0.15, 0.2) is 0 Å². The van der Waals surface area contributed by atoms with Gasteiger partial charge in [0.25, 0.3) is 0 Å². The van der Waals surface area contributed by atoms with Crippen molar-refractivity contribution in [3.63, 3.8) is 0 Å². The second kappa shape index (κ2) is 4.77. The highest BCUT2D eigenvalue weighted by Crippen LogP contribution is 2.58. The van der Waals surface area contributed by atoms with Crippen molar-refractivity contribution in [3.8, 4) is 0 Å². The molecule has 0 aromatic heterocycles. The Balaban J connectivity index is 1.49. The normalized spacial score (nSPS) is 35.0. The van der Waals surface area contributed by atoms with E-state index in [1.54, 1.807) is 0 Å². The van der Waals surface area contributed by atoms with Gasteiger partial charge in [0.2, 0.25) is 0 Å². The summed E-state index contributed by atoms with van der Waals surface area (Å²) in [5.41, 5.74) is 0.918. The van der Waals surface area contributed by atoms with Gasteiger partial charge in [0, 0.05) is 31.2 Å². The van der Waals surface area contributed by atoms with Crippen molar-refractivity contribution in [1.29, 1.82) is 0 Å². The van der Waals surface area contributed by atoms with Crippen LogP contribution < -0.4 is 5.32 Å². The molecule has 0 saturated heterocycles. The zero-order valence-electron chi connectivity index (χ0n) is 11.6. The molecule has 2 unspecified atom stereocenters. The summed E-state index contributed by atoms with van der Waals surface area (Å²) in [5.74, 6) is 0. The summed E-state index contributed by atoms with van der Waals surface area (Å²) in [6.07, 6.45) is 9.37. The summed E-state index contributed by atoms with van der Waals surface area (Å²) in [7, 11) is 0. The summed E-state index contributed by atoms with van der Waals surface area (Å²) >= 11 is 0. The Labute approximate surface area is 110 Å². The van der Waals surface area contributed by atoms with Gasteiger partial charge in [-0.15, -0.1) is 0 Å². The molecule has 0 aromatic carbocycles. The van der Waals surface area contributed by atoms with Crippen LogP contribution in [-0.4, -0.2) is 37.0 Å². The lowest BCUT2D eigenvalue weighted by Crippen LogP contribution is -2.67. The maximum atomic E-state index is 9.10. The molecule has 0 aliphatic heterocycles. The quantitative estimate of drug-likeness (QED) is 0.730. The summed E-state index contributed by atoms with van der Waals surface area (Å²) in [4.78, 5) is 0. The van der Waals surface area contributed by atoms with Gasteiger partial charge in [-0.2, -0.15) is 0 Å². The lowest BCUT2D eigenvalue weighted by atomic mass is 9.51. The minimum absolute atomic E-state index is 0.346. The minimum atomic E-state index is 0.346. The molecule has 1 spiro atoms. The highest BCUT2D eigenvalue weighted by atomic mass is 16.5. The average Bonchev–Trinajstić information content (AvgIpc) is 3.01. The third-order valence-corrected chi connectivity index (χ3v) is 5.76. The first-order valence-electron chi connectivity index (χ1n) is 7.71. The SMILES string of the molecule is CCOC1CC(NCC2(CCO)CC2)C12CCC2. The van der Waals surface area contributed by atoms with Crippen LogP contribution in [0.15, 0.2) is 0 Å². The van der Waals surface area contributed by atoms with Crippen molar-refractivity contribution in [2.24, 2.45) is 10.8 Å². The molecule has 0 heterocycles. The van der Waals surface area contributed by atoms with E-state index < -0.39 is 0 Å². The van der Waals surface area contributed by atoms with Crippen molar-refractivity contribution in [2.45, 2.75) is 64.0 Å². The van der Waals surface area contributed by atoms with Crippen LogP contribution in [0, 0.1) is 10.8 Å². The molecule has 3 aliphatic carbocycles. The Morgan fingerprint density at radius 1 is 1.28 bits per heavy atom. The largest absolute Gasteiger partial charge is 0.396 e. The molecule has 2 N–H and O–H groups in total. The molecule has 3 saturated carbocycles. The highest BCUT2D eigenvalue weighted by molar-refractivity contribution is 5.12. The number of aliphatic hydroxyl groups is 1. The topological polar surface area (TPSA) is 41.5 Å². The Hall–Kier alpha value is -0.120. The molecule has 3 heteroatoms. The lowest BCUT2D eigenvalue weighted by Gasteiger charge is -2.61. The maximum Gasteiger partial charge on any atom is 0.0661 e. The number of ether oxygens (including phenoxy) is 1. The van der Waals surface area contributed by atoms with Gasteiger partial charge in [-0.25, -0.2) is 0 Å². The fourth-order valence-corrected chi connectivity index (χ4v) is 3.99. The molecule has 104 valence electrons. The van der Waals surface area contributed by atoms with Gasteiger partial charge in [-0.3, -0.25) is 0 Å². The fraction of sp³-hybridized carbons (Fsp3) is 1.00. The predicted molar refractivity (Wildman–Crippen MR) is 71.5 cm³/mol. The molecule has 0 radical (unpaired) electrons. The van der Waals surface area contributed by atoms with Crippen LogP contribution in [0.2, 0.25) is 0 Å². The Morgan fingerprint density at radius 3 is 2.56 bits per heavy atom. The van der Waals surface area contributed by atoms with Crippen molar-refractivity contribution in [1.82, 2.24) is 5.32 Å². The third kappa shape index (κ3) is 2.00. The molecule has 0 aromatic rings. The highest BCUT2D eigenvalue weighted by Gasteiger charge is 2.59. The Kier molecular flexibility index (Phi) is 3.41. The van der Waals surface area contributed by atoms with E-state index in [1.807, 2.05) is 0 Å². The first-order chi connectivity index (χ1) is 8.75. The molecule has 2 atom stereocenters. The van der Waals surface area contributed by atoms with Crippen LogP contribution in [0.5, 0.6) is 0 Å². The van der Waals surface area contributed by atoms with Crippen LogP contribution in [-0.2, 0) is 4.74 Å². The van der Waals surface area contributed by atoms with Crippen LogP contribution in [0.1, 0.15) is 51.9 Å². The Bertz CT molecular complexity index is 297. The van der Waals surface area contributed by atoms with Gasteiger partial charge < -0.3 is 15.2 Å². The van der Waals surface area contributed by atoms with Crippen molar-refractivity contribution >= 4 is 0 Å². The number of nitrogens with one attached hydrogen (secondary N) is 1. The lowest BCUT2D eigenvalue weighted by molar-refractivity contribution is -0.173. The van der Waals surface area contributed by atoms with Gasteiger partial charge in [-0.1, -0.05) is 6.42 Å². The molecular formula is C15H27NO2. The van der Waals surface area contributed by atoms with Gasteiger partial charge in [-0.05, 0) is 50.9 Å². The zero-order valence-corrected chi connectivity index (χ0v) is 11.6. The number of rotatable bonds is 7. The third-order valence-electron chi connectivity index (χ3n) is 5.76. The van der Waals surface area contributed by atoms with Crippen LogP contribution in [0.25, 0.3) is 0 Å². The van der Waals surface area contributed by atoms with Crippen LogP contribution in [0.4, 0.5) is 0 Å². The van der Waals surface area contributed by atoms with Crippen molar-refractivity contribution < 1.29 is 9.84 Å².